The number of aliphatic hydroxyl groups is 2. The van der Waals surface area contributed by atoms with Gasteiger partial charge in [-0.25, -0.2) is 0 Å². The minimum absolute atomic E-state index is 0.0396. The van der Waals surface area contributed by atoms with Gasteiger partial charge in [-0.15, -0.1) is 0 Å². The maximum absolute atomic E-state index is 12.3. The Morgan fingerprint density at radius 3 is 1.25 bits per heavy atom. The third-order valence-electron chi connectivity index (χ3n) is 9.28. The van der Waals surface area contributed by atoms with E-state index in [9.17, 15) is 15.0 Å². The summed E-state index contributed by atoms with van der Waals surface area (Å²) in [6.45, 7) is 4.32. The first-order valence-electron chi connectivity index (χ1n) is 19.9. The smallest absolute Gasteiger partial charge is 0.220 e. The van der Waals surface area contributed by atoms with E-state index in [-0.39, 0.29) is 12.5 Å². The summed E-state index contributed by atoms with van der Waals surface area (Å²) in [6, 6.07) is -0.545. The van der Waals surface area contributed by atoms with Gasteiger partial charge in [0.2, 0.25) is 5.91 Å². The number of rotatable bonds is 36. The molecule has 3 N–H and O–H groups in total. The molecule has 0 heterocycles. The van der Waals surface area contributed by atoms with Crippen molar-refractivity contribution in [2.24, 2.45) is 0 Å². The van der Waals surface area contributed by atoms with Crippen LogP contribution in [0.1, 0.15) is 219 Å². The van der Waals surface area contributed by atoms with Crippen LogP contribution in [-0.2, 0) is 4.79 Å². The summed E-state index contributed by atoms with van der Waals surface area (Å²) in [7, 11) is 0. The average molecular weight is 622 g/mol. The first-order chi connectivity index (χ1) is 21.7. The third kappa shape index (κ3) is 32.5. The van der Waals surface area contributed by atoms with Crippen LogP contribution >= 0.6 is 0 Å². The number of allylic oxidation sites excluding steroid dienone is 2. The molecule has 0 rings (SSSR count). The second kappa shape index (κ2) is 36.6. The molecule has 0 aliphatic carbocycles. The zero-order valence-electron chi connectivity index (χ0n) is 29.9. The first kappa shape index (κ1) is 43.1. The molecule has 0 saturated heterocycles. The summed E-state index contributed by atoms with van der Waals surface area (Å²) in [4.78, 5) is 12.3. The summed E-state index contributed by atoms with van der Waals surface area (Å²) in [5.74, 6) is -0.0396. The van der Waals surface area contributed by atoms with Gasteiger partial charge < -0.3 is 15.5 Å². The van der Waals surface area contributed by atoms with Gasteiger partial charge in [-0.2, -0.15) is 0 Å². The van der Waals surface area contributed by atoms with Crippen LogP contribution in [0.3, 0.4) is 0 Å². The Labute approximate surface area is 276 Å². The zero-order chi connectivity index (χ0) is 32.2. The number of nitrogens with one attached hydrogen (secondary N) is 1. The van der Waals surface area contributed by atoms with Crippen molar-refractivity contribution in [2.75, 3.05) is 6.61 Å². The van der Waals surface area contributed by atoms with Crippen molar-refractivity contribution in [3.63, 3.8) is 0 Å². The lowest BCUT2D eigenvalue weighted by Gasteiger charge is -2.22. The fourth-order valence-electron chi connectivity index (χ4n) is 6.18. The molecule has 0 spiro atoms. The molecule has 0 aromatic rings. The summed E-state index contributed by atoms with van der Waals surface area (Å²) < 4.78 is 0. The van der Waals surface area contributed by atoms with Crippen molar-refractivity contribution in [1.82, 2.24) is 5.32 Å². The van der Waals surface area contributed by atoms with Crippen LogP contribution in [0.2, 0.25) is 0 Å². The lowest BCUT2D eigenvalue weighted by Crippen LogP contribution is -2.45. The van der Waals surface area contributed by atoms with Crippen molar-refractivity contribution in [3.05, 3.63) is 12.2 Å². The van der Waals surface area contributed by atoms with E-state index >= 15 is 0 Å². The number of carbonyl (C=O) groups excluding carboxylic acids is 1. The zero-order valence-corrected chi connectivity index (χ0v) is 29.9. The molecule has 0 fully saturated rings. The number of amides is 1. The molecule has 0 radical (unpaired) electrons. The molecule has 4 nitrogen and oxygen atoms in total. The number of hydrogen-bond acceptors (Lipinski definition) is 3. The fraction of sp³-hybridized carbons (Fsp3) is 0.925. The van der Waals surface area contributed by atoms with Gasteiger partial charge in [-0.3, -0.25) is 4.79 Å². The van der Waals surface area contributed by atoms with Crippen LogP contribution in [0, 0.1) is 0 Å². The van der Waals surface area contributed by atoms with Gasteiger partial charge in [-0.1, -0.05) is 187 Å². The Morgan fingerprint density at radius 2 is 0.864 bits per heavy atom. The van der Waals surface area contributed by atoms with Gasteiger partial charge in [-0.05, 0) is 38.5 Å². The van der Waals surface area contributed by atoms with Gasteiger partial charge in [0.05, 0.1) is 18.8 Å². The van der Waals surface area contributed by atoms with Crippen LogP contribution in [0.15, 0.2) is 12.2 Å². The molecule has 0 bridgehead atoms. The highest BCUT2D eigenvalue weighted by atomic mass is 16.3. The summed E-state index contributed by atoms with van der Waals surface area (Å²) in [5, 5.41) is 23.0. The molecule has 0 aliphatic heterocycles. The van der Waals surface area contributed by atoms with Crippen LogP contribution in [-0.4, -0.2) is 34.9 Å². The molecule has 262 valence electrons. The minimum Gasteiger partial charge on any atom is -0.394 e. The van der Waals surface area contributed by atoms with Gasteiger partial charge in [0, 0.05) is 6.42 Å². The van der Waals surface area contributed by atoms with E-state index in [1.54, 1.807) is 0 Å². The van der Waals surface area contributed by atoms with Crippen molar-refractivity contribution < 1.29 is 15.0 Å². The molecule has 0 unspecified atom stereocenters. The highest BCUT2D eigenvalue weighted by Gasteiger charge is 2.19. The maximum Gasteiger partial charge on any atom is 0.220 e. The highest BCUT2D eigenvalue weighted by molar-refractivity contribution is 5.76. The predicted octanol–water partition coefficient (Wildman–Crippen LogP) is 11.9. The summed E-state index contributed by atoms with van der Waals surface area (Å²) >= 11 is 0. The van der Waals surface area contributed by atoms with Gasteiger partial charge in [0.25, 0.3) is 0 Å². The number of unbranched alkanes of at least 4 members (excludes halogenated alkanes) is 27. The SMILES string of the molecule is CCCCCC/C=C/CCCC[C@@H](O)[C@H](CO)NC(=O)CCCCCCCCCCCCCCCCCCCCCCCC. The molecular formula is C40H79NO3. The largest absolute Gasteiger partial charge is 0.394 e. The van der Waals surface area contributed by atoms with Crippen LogP contribution in [0.5, 0.6) is 0 Å². The van der Waals surface area contributed by atoms with E-state index in [0.29, 0.717) is 12.8 Å². The van der Waals surface area contributed by atoms with Crippen molar-refractivity contribution in [2.45, 2.75) is 231 Å². The van der Waals surface area contributed by atoms with Crippen molar-refractivity contribution >= 4 is 5.91 Å². The summed E-state index contributed by atoms with van der Waals surface area (Å²) in [6.07, 6.45) is 44.3. The monoisotopic (exact) mass is 622 g/mol. The maximum atomic E-state index is 12.3. The number of carbonyl (C=O) groups is 1. The molecule has 44 heavy (non-hydrogen) atoms. The van der Waals surface area contributed by atoms with E-state index in [1.165, 1.54) is 161 Å². The molecule has 0 aromatic heterocycles. The molecule has 4 heteroatoms. The second-order valence-electron chi connectivity index (χ2n) is 13.7. The van der Waals surface area contributed by atoms with Crippen LogP contribution < -0.4 is 5.32 Å². The van der Waals surface area contributed by atoms with E-state index in [1.807, 2.05) is 0 Å². The van der Waals surface area contributed by atoms with E-state index < -0.39 is 12.1 Å². The number of hydrogen-bond donors (Lipinski definition) is 3. The molecule has 0 aromatic carbocycles. The predicted molar refractivity (Wildman–Crippen MR) is 193 cm³/mol. The Kier molecular flexibility index (Phi) is 35.9. The Bertz CT molecular complexity index is 593. The van der Waals surface area contributed by atoms with Gasteiger partial charge >= 0.3 is 0 Å². The number of aliphatic hydroxyl groups excluding tert-OH is 2. The minimum atomic E-state index is -0.675. The third-order valence-corrected chi connectivity index (χ3v) is 9.28. The van der Waals surface area contributed by atoms with Crippen molar-refractivity contribution in [3.8, 4) is 0 Å². The molecule has 0 aliphatic rings. The molecular weight excluding hydrogens is 542 g/mol. The van der Waals surface area contributed by atoms with E-state index in [4.69, 9.17) is 0 Å². The van der Waals surface area contributed by atoms with Crippen LogP contribution in [0.25, 0.3) is 0 Å². The van der Waals surface area contributed by atoms with Crippen LogP contribution in [0.4, 0.5) is 0 Å². The van der Waals surface area contributed by atoms with Gasteiger partial charge in [0.15, 0.2) is 0 Å². The Morgan fingerprint density at radius 1 is 0.523 bits per heavy atom. The van der Waals surface area contributed by atoms with Gasteiger partial charge in [0.1, 0.15) is 0 Å². The standard InChI is InChI=1S/C40H79NO3/c1-3-5-7-9-11-13-15-16-17-18-19-20-21-22-23-24-25-26-28-30-32-34-36-40(44)41-38(37-42)39(43)35-33-31-29-27-14-12-10-8-6-4-2/h14,27,38-39,42-43H,3-13,15-26,28-37H2,1-2H3,(H,41,44)/b27-14+/t38-,39+/m0/s1. The van der Waals surface area contributed by atoms with E-state index in [0.717, 1.165) is 32.1 Å². The fourth-order valence-corrected chi connectivity index (χ4v) is 6.18. The quantitative estimate of drug-likeness (QED) is 0.0481. The first-order valence-corrected chi connectivity index (χ1v) is 19.9. The average Bonchev–Trinajstić information content (AvgIpc) is 3.03. The topological polar surface area (TPSA) is 69.6 Å². The summed E-state index contributed by atoms with van der Waals surface area (Å²) in [5.41, 5.74) is 0. The molecule has 0 saturated carbocycles. The lowest BCUT2D eigenvalue weighted by atomic mass is 10.0. The normalized spacial score (nSPS) is 13.1. The lowest BCUT2D eigenvalue weighted by molar-refractivity contribution is -0.123. The van der Waals surface area contributed by atoms with Crippen molar-refractivity contribution in [1.29, 1.82) is 0 Å². The second-order valence-corrected chi connectivity index (χ2v) is 13.7. The Hall–Kier alpha value is -0.870. The molecule has 2 atom stereocenters. The Balaban J connectivity index is 3.46. The molecule has 1 amide bonds. The van der Waals surface area contributed by atoms with E-state index in [2.05, 4.69) is 31.3 Å². The highest BCUT2D eigenvalue weighted by Crippen LogP contribution is 2.16.